The van der Waals surface area contributed by atoms with E-state index in [-0.39, 0.29) is 12.3 Å². The summed E-state index contributed by atoms with van der Waals surface area (Å²) in [5.41, 5.74) is 1.33. The Morgan fingerprint density at radius 3 is 2.68 bits per heavy atom. The van der Waals surface area contributed by atoms with E-state index in [0.29, 0.717) is 24.6 Å². The Morgan fingerprint density at radius 1 is 1.37 bits per heavy atom. The SMILES string of the molecule is CC(C)c1cc(C(=O)NCCCCCC(=O)O)n[nH]1. The van der Waals surface area contributed by atoms with Crippen LogP contribution >= 0.6 is 0 Å². The van der Waals surface area contributed by atoms with Crippen LogP contribution in [0.25, 0.3) is 0 Å². The number of rotatable bonds is 8. The molecule has 0 aliphatic rings. The van der Waals surface area contributed by atoms with Gasteiger partial charge in [0.1, 0.15) is 5.69 Å². The van der Waals surface area contributed by atoms with Gasteiger partial charge in [-0.05, 0) is 24.8 Å². The lowest BCUT2D eigenvalue weighted by molar-refractivity contribution is -0.137. The third-order valence-corrected chi connectivity index (χ3v) is 2.81. The average Bonchev–Trinajstić information content (AvgIpc) is 2.82. The highest BCUT2D eigenvalue weighted by Gasteiger charge is 2.11. The van der Waals surface area contributed by atoms with E-state index < -0.39 is 5.97 Å². The second kappa shape index (κ2) is 7.56. The lowest BCUT2D eigenvalue weighted by Gasteiger charge is -2.02. The standard InChI is InChI=1S/C13H21N3O3/c1-9(2)10-8-11(16-15-10)13(19)14-7-5-3-4-6-12(17)18/h8-9H,3-7H2,1-2H3,(H,14,19)(H,15,16)(H,17,18). The highest BCUT2D eigenvalue weighted by Crippen LogP contribution is 2.11. The summed E-state index contributed by atoms with van der Waals surface area (Å²) in [6.45, 7) is 4.59. The first-order valence-corrected chi connectivity index (χ1v) is 6.56. The zero-order valence-electron chi connectivity index (χ0n) is 11.4. The number of carboxylic acids is 1. The van der Waals surface area contributed by atoms with E-state index in [1.165, 1.54) is 0 Å². The molecular formula is C13H21N3O3. The summed E-state index contributed by atoms with van der Waals surface area (Å²) in [6.07, 6.45) is 2.40. The van der Waals surface area contributed by atoms with Crippen molar-refractivity contribution in [2.24, 2.45) is 0 Å². The average molecular weight is 267 g/mol. The fraction of sp³-hybridized carbons (Fsp3) is 0.615. The van der Waals surface area contributed by atoms with Crippen LogP contribution in [0.4, 0.5) is 0 Å². The van der Waals surface area contributed by atoms with Gasteiger partial charge in [-0.25, -0.2) is 0 Å². The minimum absolute atomic E-state index is 0.186. The Hall–Kier alpha value is -1.85. The van der Waals surface area contributed by atoms with Crippen molar-refractivity contribution in [2.75, 3.05) is 6.54 Å². The molecule has 0 aliphatic carbocycles. The van der Waals surface area contributed by atoms with E-state index >= 15 is 0 Å². The number of hydrogen-bond acceptors (Lipinski definition) is 3. The van der Waals surface area contributed by atoms with E-state index in [1.807, 2.05) is 13.8 Å². The summed E-state index contributed by atoms with van der Waals surface area (Å²) in [5, 5.41) is 18.0. The van der Waals surface area contributed by atoms with Crippen molar-refractivity contribution in [1.29, 1.82) is 0 Å². The predicted molar refractivity (Wildman–Crippen MR) is 71.1 cm³/mol. The number of aromatic amines is 1. The smallest absolute Gasteiger partial charge is 0.303 e. The molecular weight excluding hydrogens is 246 g/mol. The lowest BCUT2D eigenvalue weighted by Crippen LogP contribution is -2.24. The molecule has 0 aliphatic heterocycles. The van der Waals surface area contributed by atoms with Crippen LogP contribution in [0.5, 0.6) is 0 Å². The van der Waals surface area contributed by atoms with Gasteiger partial charge >= 0.3 is 5.97 Å². The Kier molecular flexibility index (Phi) is 6.05. The Balaban J connectivity index is 2.22. The topological polar surface area (TPSA) is 95.1 Å². The number of H-pyrrole nitrogens is 1. The van der Waals surface area contributed by atoms with Crippen molar-refractivity contribution >= 4 is 11.9 Å². The molecule has 0 atom stereocenters. The number of nitrogens with zero attached hydrogens (tertiary/aromatic N) is 1. The summed E-state index contributed by atoms with van der Waals surface area (Å²) < 4.78 is 0. The molecule has 1 rings (SSSR count). The number of aliphatic carboxylic acids is 1. The molecule has 0 saturated carbocycles. The van der Waals surface area contributed by atoms with Crippen molar-refractivity contribution in [2.45, 2.75) is 45.4 Å². The highest BCUT2D eigenvalue weighted by atomic mass is 16.4. The lowest BCUT2D eigenvalue weighted by atomic mass is 10.1. The van der Waals surface area contributed by atoms with Crippen LogP contribution in [0, 0.1) is 0 Å². The number of nitrogens with one attached hydrogen (secondary N) is 2. The molecule has 6 heteroatoms. The fourth-order valence-electron chi connectivity index (χ4n) is 1.62. The van der Waals surface area contributed by atoms with E-state index in [4.69, 9.17) is 5.11 Å². The van der Waals surface area contributed by atoms with Gasteiger partial charge in [-0.15, -0.1) is 0 Å². The molecule has 1 heterocycles. The molecule has 0 bridgehead atoms. The molecule has 1 amide bonds. The minimum Gasteiger partial charge on any atom is -0.481 e. The largest absolute Gasteiger partial charge is 0.481 e. The molecule has 1 aromatic rings. The number of unbranched alkanes of at least 4 members (excludes halogenated alkanes) is 2. The molecule has 1 aromatic heterocycles. The third-order valence-electron chi connectivity index (χ3n) is 2.81. The monoisotopic (exact) mass is 267 g/mol. The minimum atomic E-state index is -0.776. The quantitative estimate of drug-likeness (QED) is 0.627. The maximum Gasteiger partial charge on any atom is 0.303 e. The first-order chi connectivity index (χ1) is 9.00. The molecule has 106 valence electrons. The van der Waals surface area contributed by atoms with E-state index in [2.05, 4.69) is 15.5 Å². The van der Waals surface area contributed by atoms with Gasteiger partial charge in [-0.1, -0.05) is 20.3 Å². The van der Waals surface area contributed by atoms with Crippen molar-refractivity contribution in [3.63, 3.8) is 0 Å². The van der Waals surface area contributed by atoms with E-state index in [9.17, 15) is 9.59 Å². The summed E-state index contributed by atoms with van der Waals surface area (Å²) >= 11 is 0. The maximum absolute atomic E-state index is 11.7. The molecule has 0 saturated heterocycles. The maximum atomic E-state index is 11.7. The van der Waals surface area contributed by atoms with Crippen molar-refractivity contribution < 1.29 is 14.7 Å². The second-order valence-corrected chi connectivity index (χ2v) is 4.82. The Morgan fingerprint density at radius 2 is 2.11 bits per heavy atom. The van der Waals surface area contributed by atoms with Gasteiger partial charge in [-0.2, -0.15) is 5.10 Å². The zero-order valence-corrected chi connectivity index (χ0v) is 11.4. The van der Waals surface area contributed by atoms with E-state index in [0.717, 1.165) is 18.5 Å². The van der Waals surface area contributed by atoms with Crippen molar-refractivity contribution in [3.05, 3.63) is 17.5 Å². The normalized spacial score (nSPS) is 10.7. The van der Waals surface area contributed by atoms with Gasteiger partial charge in [-0.3, -0.25) is 14.7 Å². The molecule has 0 fully saturated rings. The zero-order chi connectivity index (χ0) is 14.3. The number of carbonyl (C=O) groups is 2. The van der Waals surface area contributed by atoms with Crippen LogP contribution in [-0.4, -0.2) is 33.7 Å². The molecule has 6 nitrogen and oxygen atoms in total. The van der Waals surface area contributed by atoms with Gasteiger partial charge in [0.25, 0.3) is 5.91 Å². The van der Waals surface area contributed by atoms with Crippen LogP contribution in [0.2, 0.25) is 0 Å². The van der Waals surface area contributed by atoms with Gasteiger partial charge in [0.2, 0.25) is 0 Å². The first kappa shape index (κ1) is 15.2. The van der Waals surface area contributed by atoms with Crippen LogP contribution in [0.15, 0.2) is 6.07 Å². The first-order valence-electron chi connectivity index (χ1n) is 6.56. The molecule has 3 N–H and O–H groups in total. The third kappa shape index (κ3) is 5.54. The van der Waals surface area contributed by atoms with Crippen LogP contribution in [0.3, 0.4) is 0 Å². The Labute approximate surface area is 112 Å². The molecule has 0 radical (unpaired) electrons. The number of aromatic nitrogens is 2. The summed E-state index contributed by atoms with van der Waals surface area (Å²) in [5.74, 6) is -0.659. The van der Waals surface area contributed by atoms with Gasteiger partial charge in [0.05, 0.1) is 0 Å². The molecule has 0 unspecified atom stereocenters. The van der Waals surface area contributed by atoms with Gasteiger partial charge in [0, 0.05) is 18.7 Å². The van der Waals surface area contributed by atoms with Crippen LogP contribution in [0.1, 0.15) is 61.6 Å². The molecule has 19 heavy (non-hydrogen) atoms. The fourth-order valence-corrected chi connectivity index (χ4v) is 1.62. The summed E-state index contributed by atoms with van der Waals surface area (Å²) in [7, 11) is 0. The van der Waals surface area contributed by atoms with Crippen molar-refractivity contribution in [3.8, 4) is 0 Å². The number of hydrogen-bond donors (Lipinski definition) is 3. The highest BCUT2D eigenvalue weighted by molar-refractivity contribution is 5.92. The van der Waals surface area contributed by atoms with Gasteiger partial charge < -0.3 is 10.4 Å². The van der Waals surface area contributed by atoms with Crippen molar-refractivity contribution in [1.82, 2.24) is 15.5 Å². The van der Waals surface area contributed by atoms with E-state index in [1.54, 1.807) is 6.07 Å². The number of amides is 1. The van der Waals surface area contributed by atoms with Crippen LogP contribution < -0.4 is 5.32 Å². The Bertz CT molecular complexity index is 427. The van der Waals surface area contributed by atoms with Gasteiger partial charge in [0.15, 0.2) is 0 Å². The summed E-state index contributed by atoms with van der Waals surface area (Å²) in [6, 6.07) is 1.75. The molecule has 0 aromatic carbocycles. The van der Waals surface area contributed by atoms with Crippen LogP contribution in [-0.2, 0) is 4.79 Å². The number of carboxylic acid groups (broad SMARTS) is 1. The second-order valence-electron chi connectivity index (χ2n) is 4.82. The molecule has 0 spiro atoms. The predicted octanol–water partition coefficient (Wildman–Crippen LogP) is 1.91. The number of carbonyl (C=O) groups excluding carboxylic acids is 1. The summed E-state index contributed by atoms with van der Waals surface area (Å²) in [4.78, 5) is 22.0.